The summed E-state index contributed by atoms with van der Waals surface area (Å²) in [7, 11) is 0. The van der Waals surface area contributed by atoms with E-state index in [4.69, 9.17) is 9.47 Å². The number of aryl methyl sites for hydroxylation is 1. The predicted octanol–water partition coefficient (Wildman–Crippen LogP) is 4.14. The molecule has 0 bridgehead atoms. The van der Waals surface area contributed by atoms with E-state index in [0.29, 0.717) is 13.1 Å². The molecule has 5 heteroatoms. The fraction of sp³-hybridized carbons (Fsp3) is 0.280. The molecule has 0 saturated heterocycles. The Kier molecular flexibility index (Phi) is 5.10. The van der Waals surface area contributed by atoms with Gasteiger partial charge >= 0.3 is 0 Å². The van der Waals surface area contributed by atoms with E-state index in [1.165, 1.54) is 11.1 Å². The average Bonchev–Trinajstić information content (AvgIpc) is 3.28. The first-order chi connectivity index (χ1) is 14.8. The summed E-state index contributed by atoms with van der Waals surface area (Å²) in [6.45, 7) is 1.23. The Hall–Kier alpha value is -3.34. The lowest BCUT2D eigenvalue weighted by Gasteiger charge is -2.30. The van der Waals surface area contributed by atoms with Crippen LogP contribution in [0.2, 0.25) is 0 Å². The van der Waals surface area contributed by atoms with Crippen LogP contribution in [-0.4, -0.2) is 22.6 Å². The smallest absolute Gasteiger partial charge is 0.231 e. The molecule has 1 aliphatic heterocycles. The van der Waals surface area contributed by atoms with Crippen LogP contribution in [0.3, 0.4) is 0 Å². The number of nitrogens with zero attached hydrogens (tertiary/aromatic N) is 2. The van der Waals surface area contributed by atoms with Crippen molar-refractivity contribution in [3.63, 3.8) is 0 Å². The number of amides is 1. The first-order valence-electron chi connectivity index (χ1n) is 10.4. The summed E-state index contributed by atoms with van der Waals surface area (Å²) in [5.41, 5.74) is 4.65. The minimum atomic E-state index is -0.00880. The molecule has 2 aromatic carbocycles. The topological polar surface area (TPSA) is 51.7 Å². The largest absolute Gasteiger partial charge is 0.454 e. The second-order valence-electron chi connectivity index (χ2n) is 7.91. The van der Waals surface area contributed by atoms with Crippen LogP contribution in [0.1, 0.15) is 28.7 Å². The minimum absolute atomic E-state index is 0.00880. The van der Waals surface area contributed by atoms with E-state index in [1.54, 1.807) is 6.20 Å². The molecule has 30 heavy (non-hydrogen) atoms. The van der Waals surface area contributed by atoms with Gasteiger partial charge in [-0.2, -0.15) is 0 Å². The van der Waals surface area contributed by atoms with Gasteiger partial charge in [0.2, 0.25) is 12.7 Å². The molecule has 0 N–H and O–H groups in total. The fourth-order valence-corrected chi connectivity index (χ4v) is 4.41. The molecular weight excluding hydrogens is 376 g/mol. The van der Waals surface area contributed by atoms with Gasteiger partial charge in [-0.3, -0.25) is 9.78 Å². The van der Waals surface area contributed by atoms with Crippen molar-refractivity contribution in [3.8, 4) is 11.5 Å². The van der Waals surface area contributed by atoms with Crippen molar-refractivity contribution in [3.05, 3.63) is 89.2 Å². The third-order valence-corrected chi connectivity index (χ3v) is 5.94. The Bertz CT molecular complexity index is 1050. The maximum atomic E-state index is 13.7. The molecule has 0 radical (unpaired) electrons. The number of hydrogen-bond acceptors (Lipinski definition) is 4. The van der Waals surface area contributed by atoms with Gasteiger partial charge in [0.25, 0.3) is 0 Å². The van der Waals surface area contributed by atoms with Crippen LogP contribution in [0.4, 0.5) is 0 Å². The Morgan fingerprint density at radius 1 is 1.00 bits per heavy atom. The van der Waals surface area contributed by atoms with E-state index in [-0.39, 0.29) is 18.6 Å². The van der Waals surface area contributed by atoms with E-state index in [0.717, 1.165) is 41.9 Å². The van der Waals surface area contributed by atoms with Gasteiger partial charge in [-0.05, 0) is 48.1 Å². The third kappa shape index (κ3) is 3.75. The van der Waals surface area contributed by atoms with Gasteiger partial charge in [0.15, 0.2) is 11.5 Å². The first-order valence-corrected chi connectivity index (χ1v) is 10.4. The van der Waals surface area contributed by atoms with Crippen molar-refractivity contribution in [1.29, 1.82) is 0 Å². The molecule has 2 heterocycles. The number of rotatable bonds is 5. The van der Waals surface area contributed by atoms with Crippen molar-refractivity contribution in [2.75, 3.05) is 6.79 Å². The number of para-hydroxylation sites is 1. The summed E-state index contributed by atoms with van der Waals surface area (Å²) < 4.78 is 11.2. The number of carbonyl (C=O) groups is 1. The molecular formula is C25H24N2O3. The van der Waals surface area contributed by atoms with Crippen molar-refractivity contribution >= 4 is 5.91 Å². The lowest BCUT2D eigenvalue weighted by Crippen LogP contribution is -2.37. The third-order valence-electron chi connectivity index (χ3n) is 5.94. The standard InChI is InChI=1S/C25H24N2O3/c28-25(21-11-10-19-6-1-2-7-20(19)13-21)27(15-18-5-4-12-26-14-18)16-22-8-3-9-23-24(22)30-17-29-23/h1-9,12,14,21H,10-11,13,15-17H2/t21-/m0/s1. The highest BCUT2D eigenvalue weighted by atomic mass is 16.7. The van der Waals surface area contributed by atoms with E-state index in [2.05, 4.69) is 29.2 Å². The molecule has 152 valence electrons. The van der Waals surface area contributed by atoms with Crippen molar-refractivity contribution in [2.45, 2.75) is 32.4 Å². The molecule has 0 saturated carbocycles. The van der Waals surface area contributed by atoms with Crippen molar-refractivity contribution in [1.82, 2.24) is 9.88 Å². The highest BCUT2D eigenvalue weighted by molar-refractivity contribution is 5.79. The molecule has 1 aromatic heterocycles. The van der Waals surface area contributed by atoms with Gasteiger partial charge in [-0.25, -0.2) is 0 Å². The Labute approximate surface area is 176 Å². The van der Waals surface area contributed by atoms with Crippen LogP contribution >= 0.6 is 0 Å². The van der Waals surface area contributed by atoms with Crippen molar-refractivity contribution in [2.24, 2.45) is 5.92 Å². The molecule has 1 atom stereocenters. The molecule has 5 nitrogen and oxygen atoms in total. The van der Waals surface area contributed by atoms with Crippen LogP contribution in [0.25, 0.3) is 0 Å². The number of carbonyl (C=O) groups excluding carboxylic acids is 1. The van der Waals surface area contributed by atoms with E-state index in [1.807, 2.05) is 41.4 Å². The van der Waals surface area contributed by atoms with Crippen LogP contribution < -0.4 is 9.47 Å². The summed E-state index contributed by atoms with van der Waals surface area (Å²) in [5, 5.41) is 0. The predicted molar refractivity (Wildman–Crippen MR) is 113 cm³/mol. The number of aromatic nitrogens is 1. The first kappa shape index (κ1) is 18.7. The number of hydrogen-bond donors (Lipinski definition) is 0. The molecule has 2 aliphatic rings. The second kappa shape index (κ2) is 8.19. The summed E-state index contributed by atoms with van der Waals surface area (Å²) in [6, 6.07) is 18.2. The quantitative estimate of drug-likeness (QED) is 0.646. The fourth-order valence-electron chi connectivity index (χ4n) is 4.41. The zero-order chi connectivity index (χ0) is 20.3. The molecule has 1 aliphatic carbocycles. The van der Waals surface area contributed by atoms with Gasteiger partial charge in [-0.1, -0.05) is 42.5 Å². The highest BCUT2D eigenvalue weighted by Crippen LogP contribution is 2.36. The van der Waals surface area contributed by atoms with Gasteiger partial charge in [0.1, 0.15) is 0 Å². The zero-order valence-corrected chi connectivity index (χ0v) is 16.8. The summed E-state index contributed by atoms with van der Waals surface area (Å²) >= 11 is 0. The Balaban J connectivity index is 1.41. The molecule has 0 fully saturated rings. The van der Waals surface area contributed by atoms with Crippen LogP contribution in [0.15, 0.2) is 67.0 Å². The van der Waals surface area contributed by atoms with E-state index >= 15 is 0 Å². The minimum Gasteiger partial charge on any atom is -0.454 e. The second-order valence-corrected chi connectivity index (χ2v) is 7.91. The number of pyridine rings is 1. The normalized spacial score (nSPS) is 16.7. The molecule has 1 amide bonds. The van der Waals surface area contributed by atoms with Gasteiger partial charge < -0.3 is 14.4 Å². The van der Waals surface area contributed by atoms with Gasteiger partial charge in [-0.15, -0.1) is 0 Å². The highest BCUT2D eigenvalue weighted by Gasteiger charge is 2.29. The SMILES string of the molecule is O=C([C@H]1CCc2ccccc2C1)N(Cc1cccnc1)Cc1cccc2c1OCO2. The zero-order valence-electron chi connectivity index (χ0n) is 16.8. The molecule has 0 unspecified atom stereocenters. The number of ether oxygens (including phenoxy) is 2. The lowest BCUT2D eigenvalue weighted by atomic mass is 9.83. The molecule has 3 aromatic rings. The molecule has 0 spiro atoms. The lowest BCUT2D eigenvalue weighted by molar-refractivity contribution is -0.137. The Morgan fingerprint density at radius 2 is 1.90 bits per heavy atom. The summed E-state index contributed by atoms with van der Waals surface area (Å²) in [4.78, 5) is 19.8. The van der Waals surface area contributed by atoms with E-state index in [9.17, 15) is 4.79 Å². The molecule has 5 rings (SSSR count). The van der Waals surface area contributed by atoms with Crippen molar-refractivity contribution < 1.29 is 14.3 Å². The summed E-state index contributed by atoms with van der Waals surface area (Å²) in [6.07, 6.45) is 6.20. The average molecular weight is 400 g/mol. The maximum absolute atomic E-state index is 13.7. The number of benzene rings is 2. The number of fused-ring (bicyclic) bond motifs is 2. The van der Waals surface area contributed by atoms with E-state index < -0.39 is 0 Å². The van der Waals surface area contributed by atoms with Crippen LogP contribution in [-0.2, 0) is 30.7 Å². The Morgan fingerprint density at radius 3 is 2.77 bits per heavy atom. The summed E-state index contributed by atoms with van der Waals surface area (Å²) in [5.74, 6) is 1.67. The van der Waals surface area contributed by atoms with Crippen LogP contribution in [0, 0.1) is 5.92 Å². The monoisotopic (exact) mass is 400 g/mol. The maximum Gasteiger partial charge on any atom is 0.231 e. The van der Waals surface area contributed by atoms with Gasteiger partial charge in [0, 0.05) is 37.0 Å². The van der Waals surface area contributed by atoms with Gasteiger partial charge in [0.05, 0.1) is 0 Å². The van der Waals surface area contributed by atoms with Crippen LogP contribution in [0.5, 0.6) is 11.5 Å².